The average Bonchev–Trinajstić information content (AvgIpc) is 2.59. The molecular weight excluding hydrogens is 228 g/mol. The fourth-order valence-electron chi connectivity index (χ4n) is 1.81. The number of rotatable bonds is 4. The second kappa shape index (κ2) is 5.62. The van der Waals surface area contributed by atoms with E-state index in [4.69, 9.17) is 5.11 Å². The molecule has 1 aliphatic heterocycles. The summed E-state index contributed by atoms with van der Waals surface area (Å²) in [5.74, 6) is -1.73. The number of nitrogens with zero attached hydrogens (tertiary/aromatic N) is 1. The molecule has 0 radical (unpaired) electrons. The first-order valence-corrected chi connectivity index (χ1v) is 5.36. The number of nitrogens with one attached hydrogen (secondary N) is 1. The van der Waals surface area contributed by atoms with Gasteiger partial charge >= 0.3 is 5.97 Å². The molecule has 1 fully saturated rings. The Balaban J connectivity index is 2.49. The molecule has 0 bridgehead atoms. The SMILES string of the molecule is CC(=O)NCCC(=O)N1C[C@H](O)C[C@@H]1C(=O)O. The molecule has 0 aromatic heterocycles. The monoisotopic (exact) mass is 244 g/mol. The van der Waals surface area contributed by atoms with E-state index in [2.05, 4.69) is 5.32 Å². The highest BCUT2D eigenvalue weighted by atomic mass is 16.4. The lowest BCUT2D eigenvalue weighted by molar-refractivity contribution is -0.148. The van der Waals surface area contributed by atoms with Crippen molar-refractivity contribution < 1.29 is 24.6 Å². The van der Waals surface area contributed by atoms with Gasteiger partial charge in [-0.2, -0.15) is 0 Å². The van der Waals surface area contributed by atoms with Crippen molar-refractivity contribution in [2.45, 2.75) is 31.9 Å². The molecule has 1 heterocycles. The number of β-amino-alcohol motifs (C(OH)–C–C–N with tert-alkyl or cyclic N) is 1. The minimum atomic E-state index is -1.12. The van der Waals surface area contributed by atoms with E-state index < -0.39 is 18.1 Å². The number of hydrogen-bond donors (Lipinski definition) is 3. The molecule has 96 valence electrons. The molecule has 3 N–H and O–H groups in total. The predicted octanol–water partition coefficient (Wildman–Crippen LogP) is -1.44. The van der Waals surface area contributed by atoms with Gasteiger partial charge in [0.2, 0.25) is 11.8 Å². The van der Waals surface area contributed by atoms with Crippen LogP contribution < -0.4 is 5.32 Å². The summed E-state index contributed by atoms with van der Waals surface area (Å²) in [5.41, 5.74) is 0. The average molecular weight is 244 g/mol. The quantitative estimate of drug-likeness (QED) is 0.561. The van der Waals surface area contributed by atoms with Gasteiger partial charge in [-0.25, -0.2) is 4.79 Å². The van der Waals surface area contributed by atoms with Crippen molar-refractivity contribution in [1.82, 2.24) is 10.2 Å². The van der Waals surface area contributed by atoms with Crippen molar-refractivity contribution >= 4 is 17.8 Å². The van der Waals surface area contributed by atoms with Gasteiger partial charge in [0, 0.05) is 32.9 Å². The summed E-state index contributed by atoms with van der Waals surface area (Å²) in [6.45, 7) is 1.55. The normalized spacial score (nSPS) is 23.5. The number of carboxylic acids is 1. The summed E-state index contributed by atoms with van der Waals surface area (Å²) >= 11 is 0. The molecule has 0 unspecified atom stereocenters. The van der Waals surface area contributed by atoms with E-state index in [9.17, 15) is 19.5 Å². The molecule has 2 atom stereocenters. The molecule has 7 heteroatoms. The van der Waals surface area contributed by atoms with E-state index in [-0.39, 0.29) is 37.7 Å². The summed E-state index contributed by atoms with van der Waals surface area (Å²) in [4.78, 5) is 34.3. The van der Waals surface area contributed by atoms with Crippen molar-refractivity contribution in [3.63, 3.8) is 0 Å². The van der Waals surface area contributed by atoms with Crippen molar-refractivity contribution in [2.24, 2.45) is 0 Å². The molecule has 0 aliphatic carbocycles. The van der Waals surface area contributed by atoms with Crippen LogP contribution in [0.15, 0.2) is 0 Å². The minimum absolute atomic E-state index is 0.0376. The molecule has 7 nitrogen and oxygen atoms in total. The number of aliphatic carboxylic acids is 1. The fraction of sp³-hybridized carbons (Fsp3) is 0.700. The molecule has 2 amide bonds. The molecular formula is C10H16N2O5. The Labute approximate surface area is 98.4 Å². The first-order chi connectivity index (χ1) is 7.91. The van der Waals surface area contributed by atoms with Crippen LogP contribution >= 0.6 is 0 Å². The lowest BCUT2D eigenvalue weighted by Crippen LogP contribution is -2.41. The first-order valence-electron chi connectivity index (χ1n) is 5.36. The summed E-state index contributed by atoms with van der Waals surface area (Å²) in [6.07, 6.45) is -0.696. The van der Waals surface area contributed by atoms with Gasteiger partial charge in [0.25, 0.3) is 0 Å². The van der Waals surface area contributed by atoms with E-state index >= 15 is 0 Å². The standard InChI is InChI=1S/C10H16N2O5/c1-6(13)11-3-2-9(15)12-5-7(14)4-8(12)10(16)17/h7-8,14H,2-5H2,1H3,(H,11,13)(H,16,17)/t7-,8-/m1/s1. The number of hydrogen-bond acceptors (Lipinski definition) is 4. The highest BCUT2D eigenvalue weighted by molar-refractivity contribution is 5.85. The number of aliphatic hydroxyl groups is 1. The lowest BCUT2D eigenvalue weighted by Gasteiger charge is -2.21. The Bertz CT molecular complexity index is 331. The third-order valence-electron chi connectivity index (χ3n) is 2.60. The highest BCUT2D eigenvalue weighted by Crippen LogP contribution is 2.18. The van der Waals surface area contributed by atoms with Gasteiger partial charge in [-0.05, 0) is 0 Å². The smallest absolute Gasteiger partial charge is 0.326 e. The summed E-state index contributed by atoms with van der Waals surface area (Å²) in [5, 5.41) is 20.7. The summed E-state index contributed by atoms with van der Waals surface area (Å²) < 4.78 is 0. The number of carbonyl (C=O) groups excluding carboxylic acids is 2. The van der Waals surface area contributed by atoms with E-state index in [1.165, 1.54) is 6.92 Å². The number of carbonyl (C=O) groups is 3. The van der Waals surface area contributed by atoms with Gasteiger partial charge in [0.1, 0.15) is 6.04 Å². The Morgan fingerprint density at radius 3 is 2.59 bits per heavy atom. The van der Waals surface area contributed by atoms with Gasteiger partial charge < -0.3 is 20.4 Å². The maximum Gasteiger partial charge on any atom is 0.326 e. The molecule has 0 saturated carbocycles. The van der Waals surface area contributed by atoms with Crippen LogP contribution in [0.5, 0.6) is 0 Å². The van der Waals surface area contributed by atoms with E-state index in [0.29, 0.717) is 0 Å². The van der Waals surface area contributed by atoms with E-state index in [1.54, 1.807) is 0 Å². The zero-order chi connectivity index (χ0) is 13.0. The second-order valence-electron chi connectivity index (χ2n) is 4.02. The number of amides is 2. The largest absolute Gasteiger partial charge is 0.480 e. The second-order valence-corrected chi connectivity index (χ2v) is 4.02. The molecule has 17 heavy (non-hydrogen) atoms. The summed E-state index contributed by atoms with van der Waals surface area (Å²) in [7, 11) is 0. The van der Waals surface area contributed by atoms with Crippen LogP contribution in [0.1, 0.15) is 19.8 Å². The number of likely N-dealkylation sites (tertiary alicyclic amines) is 1. The molecule has 0 aromatic rings. The van der Waals surface area contributed by atoms with Crippen LogP contribution in [0.25, 0.3) is 0 Å². The maximum atomic E-state index is 11.7. The number of aliphatic hydroxyl groups excluding tert-OH is 1. The molecule has 1 saturated heterocycles. The Kier molecular flexibility index (Phi) is 4.45. The van der Waals surface area contributed by atoms with E-state index in [1.807, 2.05) is 0 Å². The number of carboxylic acid groups (broad SMARTS) is 1. The third-order valence-corrected chi connectivity index (χ3v) is 2.60. The van der Waals surface area contributed by atoms with Crippen molar-refractivity contribution in [3.8, 4) is 0 Å². The minimum Gasteiger partial charge on any atom is -0.480 e. The van der Waals surface area contributed by atoms with Gasteiger partial charge in [-0.15, -0.1) is 0 Å². The van der Waals surface area contributed by atoms with Crippen LogP contribution in [-0.4, -0.2) is 58.1 Å². The van der Waals surface area contributed by atoms with E-state index in [0.717, 1.165) is 4.90 Å². The zero-order valence-electron chi connectivity index (χ0n) is 9.55. The molecule has 1 aliphatic rings. The molecule has 0 spiro atoms. The van der Waals surface area contributed by atoms with Gasteiger partial charge in [-0.3, -0.25) is 9.59 Å². The Morgan fingerprint density at radius 2 is 2.06 bits per heavy atom. The Morgan fingerprint density at radius 1 is 1.41 bits per heavy atom. The van der Waals surface area contributed by atoms with Crippen LogP contribution in [0.4, 0.5) is 0 Å². The Hall–Kier alpha value is -1.63. The van der Waals surface area contributed by atoms with Crippen LogP contribution in [0.3, 0.4) is 0 Å². The molecule has 0 aromatic carbocycles. The first kappa shape index (κ1) is 13.4. The lowest BCUT2D eigenvalue weighted by atomic mass is 10.2. The zero-order valence-corrected chi connectivity index (χ0v) is 9.55. The van der Waals surface area contributed by atoms with Crippen LogP contribution in [0, 0.1) is 0 Å². The third kappa shape index (κ3) is 3.70. The van der Waals surface area contributed by atoms with Crippen molar-refractivity contribution in [1.29, 1.82) is 0 Å². The van der Waals surface area contributed by atoms with Gasteiger partial charge in [-0.1, -0.05) is 0 Å². The van der Waals surface area contributed by atoms with Gasteiger partial charge in [0.05, 0.1) is 6.10 Å². The summed E-state index contributed by atoms with van der Waals surface area (Å²) in [6, 6.07) is -0.963. The van der Waals surface area contributed by atoms with Crippen molar-refractivity contribution in [2.75, 3.05) is 13.1 Å². The molecule has 1 rings (SSSR count). The van der Waals surface area contributed by atoms with Crippen LogP contribution in [0.2, 0.25) is 0 Å². The predicted molar refractivity (Wildman–Crippen MR) is 57.1 cm³/mol. The van der Waals surface area contributed by atoms with Crippen LogP contribution in [-0.2, 0) is 14.4 Å². The fourth-order valence-corrected chi connectivity index (χ4v) is 1.81. The topological polar surface area (TPSA) is 107 Å². The maximum absolute atomic E-state index is 11.7. The van der Waals surface area contributed by atoms with Crippen molar-refractivity contribution in [3.05, 3.63) is 0 Å². The van der Waals surface area contributed by atoms with Gasteiger partial charge in [0.15, 0.2) is 0 Å². The highest BCUT2D eigenvalue weighted by Gasteiger charge is 2.38.